The number of nitrogens with zero attached hydrogens (tertiary/aromatic N) is 1. The smallest absolute Gasteiger partial charge is 0.264 e. The van der Waals surface area contributed by atoms with Crippen LogP contribution in [0.5, 0.6) is 5.75 Å². The highest BCUT2D eigenvalue weighted by molar-refractivity contribution is 7.92. The maximum atomic E-state index is 13.5. The molecule has 34 heavy (non-hydrogen) atoms. The molecule has 0 bridgehead atoms. The molecule has 4 aromatic carbocycles. The lowest BCUT2D eigenvalue weighted by Gasteiger charge is -2.26. The van der Waals surface area contributed by atoms with Crippen LogP contribution in [0.1, 0.15) is 12.5 Å². The van der Waals surface area contributed by atoms with Crippen LogP contribution in [-0.2, 0) is 21.4 Å². The lowest BCUT2D eigenvalue weighted by Crippen LogP contribution is -2.40. The van der Waals surface area contributed by atoms with E-state index in [0.29, 0.717) is 18.0 Å². The van der Waals surface area contributed by atoms with Crippen molar-refractivity contribution < 1.29 is 17.9 Å². The van der Waals surface area contributed by atoms with E-state index in [-0.39, 0.29) is 18.0 Å². The van der Waals surface area contributed by atoms with Gasteiger partial charge < -0.3 is 10.1 Å². The fourth-order valence-electron chi connectivity index (χ4n) is 3.70. The van der Waals surface area contributed by atoms with Gasteiger partial charge in [-0.15, -0.1) is 0 Å². The van der Waals surface area contributed by atoms with E-state index in [9.17, 15) is 13.2 Å². The topological polar surface area (TPSA) is 75.7 Å². The van der Waals surface area contributed by atoms with Crippen molar-refractivity contribution in [2.75, 3.05) is 17.5 Å². The third kappa shape index (κ3) is 5.21. The van der Waals surface area contributed by atoms with Crippen molar-refractivity contribution in [1.82, 2.24) is 5.32 Å². The molecule has 174 valence electrons. The molecule has 0 radical (unpaired) electrons. The Morgan fingerprint density at radius 3 is 2.29 bits per heavy atom. The Kier molecular flexibility index (Phi) is 7.13. The first-order valence-corrected chi connectivity index (χ1v) is 12.5. The molecule has 0 saturated carbocycles. The molecule has 6 nitrogen and oxygen atoms in total. The Bertz CT molecular complexity index is 1390. The summed E-state index contributed by atoms with van der Waals surface area (Å²) in [6.45, 7) is 2.10. The van der Waals surface area contributed by atoms with Crippen LogP contribution in [0.25, 0.3) is 10.8 Å². The van der Waals surface area contributed by atoms with Gasteiger partial charge in [-0.1, -0.05) is 66.7 Å². The number of carbonyl (C=O) groups excluding carboxylic acids is 1. The number of nitrogens with one attached hydrogen (secondary N) is 1. The molecule has 1 N–H and O–H groups in total. The summed E-state index contributed by atoms with van der Waals surface area (Å²) in [5.74, 6) is -0.0224. The largest absolute Gasteiger partial charge is 0.492 e. The van der Waals surface area contributed by atoms with Crippen molar-refractivity contribution in [3.05, 3.63) is 103 Å². The number of amides is 1. The van der Waals surface area contributed by atoms with Gasteiger partial charge in [-0.05, 0) is 53.6 Å². The zero-order valence-corrected chi connectivity index (χ0v) is 19.7. The average molecular weight is 475 g/mol. The summed E-state index contributed by atoms with van der Waals surface area (Å²) in [5.41, 5.74) is 1.24. The van der Waals surface area contributed by atoms with Crippen LogP contribution in [0.4, 0.5) is 5.69 Å². The van der Waals surface area contributed by atoms with Crippen molar-refractivity contribution in [1.29, 1.82) is 0 Å². The van der Waals surface area contributed by atoms with Crippen LogP contribution in [-0.4, -0.2) is 27.5 Å². The number of hydrogen-bond donors (Lipinski definition) is 1. The summed E-state index contributed by atoms with van der Waals surface area (Å²) in [6, 6.07) is 28.8. The molecule has 0 spiro atoms. The van der Waals surface area contributed by atoms with E-state index in [1.807, 2.05) is 49.4 Å². The van der Waals surface area contributed by atoms with Gasteiger partial charge in [-0.3, -0.25) is 9.10 Å². The number of rotatable bonds is 9. The minimum absolute atomic E-state index is 0.101. The first-order valence-electron chi connectivity index (χ1n) is 11.0. The van der Waals surface area contributed by atoms with Gasteiger partial charge in [0.05, 0.1) is 17.2 Å². The number of carbonyl (C=O) groups is 1. The zero-order valence-electron chi connectivity index (χ0n) is 18.8. The van der Waals surface area contributed by atoms with E-state index >= 15 is 0 Å². The summed E-state index contributed by atoms with van der Waals surface area (Å²) >= 11 is 0. The molecule has 0 heterocycles. The SMILES string of the molecule is CCOc1ccccc1N(CC(=O)NCc1ccc2ccccc2c1)S(=O)(=O)c1ccccc1. The molecule has 0 aromatic heterocycles. The first kappa shape index (κ1) is 23.3. The van der Waals surface area contributed by atoms with Crippen molar-refractivity contribution in [3.8, 4) is 5.75 Å². The van der Waals surface area contributed by atoms with Crippen LogP contribution in [0.15, 0.2) is 102 Å². The van der Waals surface area contributed by atoms with Crippen molar-refractivity contribution in [2.45, 2.75) is 18.4 Å². The van der Waals surface area contributed by atoms with Gasteiger partial charge in [0.25, 0.3) is 10.0 Å². The van der Waals surface area contributed by atoms with Crippen LogP contribution in [0, 0.1) is 0 Å². The van der Waals surface area contributed by atoms with E-state index in [0.717, 1.165) is 20.6 Å². The van der Waals surface area contributed by atoms with Crippen LogP contribution >= 0.6 is 0 Å². The van der Waals surface area contributed by atoms with Crippen LogP contribution < -0.4 is 14.4 Å². The second-order valence-electron chi connectivity index (χ2n) is 7.68. The molecule has 7 heteroatoms. The lowest BCUT2D eigenvalue weighted by atomic mass is 10.1. The Balaban J connectivity index is 1.59. The molecule has 0 atom stereocenters. The molecule has 0 aliphatic rings. The van der Waals surface area contributed by atoms with Gasteiger partial charge >= 0.3 is 0 Å². The molecule has 0 fully saturated rings. The van der Waals surface area contributed by atoms with E-state index in [4.69, 9.17) is 4.74 Å². The highest BCUT2D eigenvalue weighted by atomic mass is 32.2. The summed E-state index contributed by atoms with van der Waals surface area (Å²) in [5, 5.41) is 5.05. The number of benzene rings is 4. The van der Waals surface area contributed by atoms with E-state index in [2.05, 4.69) is 5.32 Å². The van der Waals surface area contributed by atoms with Gasteiger partial charge in [0, 0.05) is 6.54 Å². The van der Waals surface area contributed by atoms with Crippen molar-refractivity contribution >= 4 is 32.4 Å². The number of sulfonamides is 1. The number of anilines is 1. The Morgan fingerprint density at radius 2 is 1.53 bits per heavy atom. The number of ether oxygens (including phenoxy) is 1. The third-order valence-electron chi connectivity index (χ3n) is 5.36. The van der Waals surface area contributed by atoms with Gasteiger partial charge in [0.1, 0.15) is 12.3 Å². The van der Waals surface area contributed by atoms with Gasteiger partial charge in [0.15, 0.2) is 0 Å². The Morgan fingerprint density at radius 1 is 0.853 bits per heavy atom. The molecule has 4 rings (SSSR count). The fourth-order valence-corrected chi connectivity index (χ4v) is 5.15. The molecule has 0 unspecified atom stereocenters. The predicted molar refractivity (Wildman–Crippen MR) is 134 cm³/mol. The Hall–Kier alpha value is -3.84. The zero-order chi connectivity index (χ0) is 24.0. The third-order valence-corrected chi connectivity index (χ3v) is 7.13. The second kappa shape index (κ2) is 10.4. The average Bonchev–Trinajstić information content (AvgIpc) is 2.87. The predicted octanol–water partition coefficient (Wildman–Crippen LogP) is 4.75. The maximum Gasteiger partial charge on any atom is 0.264 e. The summed E-state index contributed by atoms with van der Waals surface area (Å²) in [4.78, 5) is 13.1. The normalized spacial score (nSPS) is 11.2. The molecular weight excluding hydrogens is 448 g/mol. The lowest BCUT2D eigenvalue weighted by molar-refractivity contribution is -0.119. The van der Waals surface area contributed by atoms with Gasteiger partial charge in [-0.2, -0.15) is 0 Å². The standard InChI is InChI=1S/C27H26N2O4S/c1-2-33-26-15-9-8-14-25(26)29(34(31,32)24-12-4-3-5-13-24)20-27(30)28-19-21-16-17-22-10-6-7-11-23(22)18-21/h3-18H,2,19-20H2,1H3,(H,28,30). The van der Waals surface area contributed by atoms with E-state index in [1.165, 1.54) is 12.1 Å². The van der Waals surface area contributed by atoms with Crippen molar-refractivity contribution in [3.63, 3.8) is 0 Å². The monoisotopic (exact) mass is 474 g/mol. The first-order chi connectivity index (χ1) is 16.5. The minimum atomic E-state index is -4.01. The van der Waals surface area contributed by atoms with Gasteiger partial charge in [0.2, 0.25) is 5.91 Å². The molecule has 0 aliphatic heterocycles. The molecule has 4 aromatic rings. The number of para-hydroxylation sites is 2. The summed E-state index contributed by atoms with van der Waals surface area (Å²) in [7, 11) is -4.01. The maximum absolute atomic E-state index is 13.5. The summed E-state index contributed by atoms with van der Waals surface area (Å²) < 4.78 is 33.8. The van der Waals surface area contributed by atoms with Gasteiger partial charge in [-0.25, -0.2) is 8.42 Å². The van der Waals surface area contributed by atoms with E-state index in [1.54, 1.807) is 42.5 Å². The molecule has 1 amide bonds. The summed E-state index contributed by atoms with van der Waals surface area (Å²) in [6.07, 6.45) is 0. The van der Waals surface area contributed by atoms with E-state index < -0.39 is 15.9 Å². The number of fused-ring (bicyclic) bond motifs is 1. The minimum Gasteiger partial charge on any atom is -0.492 e. The molecule has 0 aliphatic carbocycles. The quantitative estimate of drug-likeness (QED) is 0.380. The molecular formula is C27H26N2O4S. The highest BCUT2D eigenvalue weighted by Crippen LogP contribution is 2.32. The fraction of sp³-hybridized carbons (Fsp3) is 0.148. The Labute approximate surface area is 199 Å². The van der Waals surface area contributed by atoms with Crippen LogP contribution in [0.3, 0.4) is 0 Å². The second-order valence-corrected chi connectivity index (χ2v) is 9.55. The van der Waals surface area contributed by atoms with Crippen molar-refractivity contribution in [2.24, 2.45) is 0 Å². The molecule has 0 saturated heterocycles. The number of hydrogen-bond acceptors (Lipinski definition) is 4. The highest BCUT2D eigenvalue weighted by Gasteiger charge is 2.29. The van der Waals surface area contributed by atoms with Crippen LogP contribution in [0.2, 0.25) is 0 Å².